The van der Waals surface area contributed by atoms with Gasteiger partial charge in [0.15, 0.2) is 0 Å². The van der Waals surface area contributed by atoms with Crippen molar-refractivity contribution >= 4 is 24.2 Å². The van der Waals surface area contributed by atoms with Gasteiger partial charge in [0.05, 0.1) is 0 Å². The van der Waals surface area contributed by atoms with Crippen LogP contribution in [0.5, 0.6) is 0 Å². The molecule has 6 heteroatoms. The molecular formula is C14H28ClN3O2. The van der Waals surface area contributed by atoms with Crippen molar-refractivity contribution in [1.29, 1.82) is 0 Å². The fraction of sp³-hybridized carbons (Fsp3) is 0.857. The highest BCUT2D eigenvalue weighted by atomic mass is 35.5. The van der Waals surface area contributed by atoms with Crippen molar-refractivity contribution in [3.05, 3.63) is 0 Å². The van der Waals surface area contributed by atoms with Crippen molar-refractivity contribution in [3.63, 3.8) is 0 Å². The second-order valence-corrected chi connectivity index (χ2v) is 5.62. The monoisotopic (exact) mass is 305 g/mol. The predicted octanol–water partition coefficient (Wildman–Crippen LogP) is 1.22. The molecule has 2 unspecified atom stereocenters. The molecule has 0 radical (unpaired) electrons. The highest BCUT2D eigenvalue weighted by Crippen LogP contribution is 2.16. The Morgan fingerprint density at radius 3 is 2.50 bits per heavy atom. The average Bonchev–Trinajstić information content (AvgIpc) is 2.38. The minimum atomic E-state index is -0.466. The second kappa shape index (κ2) is 9.19. The number of carbonyl (C=O) groups is 2. The maximum Gasteiger partial charge on any atom is 0.242 e. The van der Waals surface area contributed by atoms with Gasteiger partial charge in [0.2, 0.25) is 11.8 Å². The van der Waals surface area contributed by atoms with Crippen molar-refractivity contribution in [1.82, 2.24) is 16.0 Å². The van der Waals surface area contributed by atoms with Crippen molar-refractivity contribution in [3.8, 4) is 0 Å². The Hall–Kier alpha value is -0.810. The molecule has 1 fully saturated rings. The Labute approximate surface area is 128 Å². The Morgan fingerprint density at radius 1 is 1.30 bits per heavy atom. The fourth-order valence-corrected chi connectivity index (χ4v) is 2.24. The summed E-state index contributed by atoms with van der Waals surface area (Å²) in [5, 5.41) is 9.02. The normalized spacial score (nSPS) is 25.0. The van der Waals surface area contributed by atoms with E-state index in [0.717, 1.165) is 25.8 Å². The summed E-state index contributed by atoms with van der Waals surface area (Å²) >= 11 is 0. The number of hydrogen-bond donors (Lipinski definition) is 3. The van der Waals surface area contributed by atoms with Crippen molar-refractivity contribution in [2.45, 2.75) is 65.1 Å². The average molecular weight is 306 g/mol. The Balaban J connectivity index is 0.00000361. The van der Waals surface area contributed by atoms with Crippen LogP contribution in [0.25, 0.3) is 0 Å². The quantitative estimate of drug-likeness (QED) is 0.715. The lowest BCUT2D eigenvalue weighted by Crippen LogP contribution is -2.50. The van der Waals surface area contributed by atoms with Crippen LogP contribution in [0.4, 0.5) is 0 Å². The number of hydrogen-bond acceptors (Lipinski definition) is 3. The van der Waals surface area contributed by atoms with Crippen LogP contribution >= 0.6 is 12.4 Å². The lowest BCUT2D eigenvalue weighted by molar-refractivity contribution is -0.131. The van der Waals surface area contributed by atoms with Crippen LogP contribution in [0.1, 0.15) is 47.0 Å². The summed E-state index contributed by atoms with van der Waals surface area (Å²) in [5.74, 6) is -0.0834. The summed E-state index contributed by atoms with van der Waals surface area (Å²) < 4.78 is 0. The first-order valence-electron chi connectivity index (χ1n) is 7.28. The van der Waals surface area contributed by atoms with Crippen LogP contribution in [0.3, 0.4) is 0 Å². The molecule has 0 aromatic heterocycles. The largest absolute Gasteiger partial charge is 0.352 e. The summed E-state index contributed by atoms with van der Waals surface area (Å²) in [4.78, 5) is 24.0. The van der Waals surface area contributed by atoms with Crippen LogP contribution in [-0.4, -0.2) is 36.5 Å². The summed E-state index contributed by atoms with van der Waals surface area (Å²) in [6, 6.07) is 0.0474. The van der Waals surface area contributed by atoms with Gasteiger partial charge >= 0.3 is 0 Å². The standard InChI is InChI=1S/C14H27N3O2.ClH/c1-5-9(2)16-13(18)11(4)17-14(19)12-6-7-15-10(3)8-12;/h9-12,15H,5-8H2,1-4H3,(H,16,18)(H,17,19);1H/t9?,10-,11?,12-;/m0./s1. The number of carbonyl (C=O) groups excluding carboxylic acids is 2. The van der Waals surface area contributed by atoms with E-state index in [1.807, 2.05) is 13.8 Å². The summed E-state index contributed by atoms with van der Waals surface area (Å²) in [6.45, 7) is 8.66. The summed E-state index contributed by atoms with van der Waals surface area (Å²) in [5.41, 5.74) is 0. The van der Waals surface area contributed by atoms with Gasteiger partial charge in [0.25, 0.3) is 0 Å². The molecular weight excluding hydrogens is 278 g/mol. The van der Waals surface area contributed by atoms with Gasteiger partial charge < -0.3 is 16.0 Å². The number of rotatable bonds is 5. The van der Waals surface area contributed by atoms with E-state index in [2.05, 4.69) is 22.9 Å². The van der Waals surface area contributed by atoms with Crippen LogP contribution in [0.2, 0.25) is 0 Å². The molecule has 1 aliphatic rings. The zero-order valence-electron chi connectivity index (χ0n) is 12.9. The lowest BCUT2D eigenvalue weighted by Gasteiger charge is -2.28. The first kappa shape index (κ1) is 19.2. The van der Waals surface area contributed by atoms with E-state index in [-0.39, 0.29) is 36.2 Å². The van der Waals surface area contributed by atoms with Gasteiger partial charge in [0.1, 0.15) is 6.04 Å². The first-order valence-corrected chi connectivity index (χ1v) is 7.28. The van der Waals surface area contributed by atoms with Gasteiger partial charge in [-0.2, -0.15) is 0 Å². The third kappa shape index (κ3) is 6.09. The van der Waals surface area contributed by atoms with Crippen LogP contribution in [0, 0.1) is 5.92 Å². The van der Waals surface area contributed by atoms with E-state index in [1.165, 1.54) is 0 Å². The van der Waals surface area contributed by atoms with Gasteiger partial charge in [-0.1, -0.05) is 6.92 Å². The van der Waals surface area contributed by atoms with E-state index in [4.69, 9.17) is 0 Å². The van der Waals surface area contributed by atoms with E-state index in [9.17, 15) is 9.59 Å². The molecule has 1 saturated heterocycles. The molecule has 0 aromatic rings. The van der Waals surface area contributed by atoms with Gasteiger partial charge in [-0.25, -0.2) is 0 Å². The van der Waals surface area contributed by atoms with Gasteiger partial charge in [-0.3, -0.25) is 9.59 Å². The van der Waals surface area contributed by atoms with Crippen LogP contribution in [0.15, 0.2) is 0 Å². The van der Waals surface area contributed by atoms with Gasteiger partial charge in [0, 0.05) is 18.0 Å². The molecule has 0 aliphatic carbocycles. The minimum Gasteiger partial charge on any atom is -0.352 e. The first-order chi connectivity index (χ1) is 8.93. The van der Waals surface area contributed by atoms with Crippen molar-refractivity contribution in [2.75, 3.05) is 6.54 Å². The van der Waals surface area contributed by atoms with Crippen molar-refractivity contribution in [2.24, 2.45) is 5.92 Å². The minimum absolute atomic E-state index is 0. The Bertz CT molecular complexity index is 326. The Morgan fingerprint density at radius 2 is 1.95 bits per heavy atom. The van der Waals surface area contributed by atoms with Crippen LogP contribution in [-0.2, 0) is 9.59 Å². The van der Waals surface area contributed by atoms with E-state index < -0.39 is 6.04 Å². The van der Waals surface area contributed by atoms with Crippen molar-refractivity contribution < 1.29 is 9.59 Å². The van der Waals surface area contributed by atoms with E-state index in [0.29, 0.717) is 6.04 Å². The molecule has 2 amide bonds. The third-order valence-corrected chi connectivity index (χ3v) is 3.75. The van der Waals surface area contributed by atoms with E-state index in [1.54, 1.807) is 6.92 Å². The predicted molar refractivity (Wildman–Crippen MR) is 82.9 cm³/mol. The molecule has 1 aliphatic heterocycles. The van der Waals surface area contributed by atoms with Gasteiger partial charge in [-0.15, -0.1) is 12.4 Å². The maximum atomic E-state index is 12.1. The smallest absolute Gasteiger partial charge is 0.242 e. The van der Waals surface area contributed by atoms with Crippen LogP contribution < -0.4 is 16.0 Å². The van der Waals surface area contributed by atoms with Gasteiger partial charge in [-0.05, 0) is 46.6 Å². The highest BCUT2D eigenvalue weighted by Gasteiger charge is 2.27. The molecule has 0 aromatic carbocycles. The lowest BCUT2D eigenvalue weighted by atomic mass is 9.92. The van der Waals surface area contributed by atoms with E-state index >= 15 is 0 Å². The number of nitrogens with one attached hydrogen (secondary N) is 3. The molecule has 0 saturated carbocycles. The number of halogens is 1. The highest BCUT2D eigenvalue weighted by molar-refractivity contribution is 5.88. The fourth-order valence-electron chi connectivity index (χ4n) is 2.24. The molecule has 3 N–H and O–H groups in total. The molecule has 4 atom stereocenters. The molecule has 1 rings (SSSR count). The maximum absolute atomic E-state index is 12.1. The third-order valence-electron chi connectivity index (χ3n) is 3.75. The molecule has 1 heterocycles. The SMILES string of the molecule is CCC(C)NC(=O)C(C)NC(=O)[C@H]1CCN[C@@H](C)C1.Cl. The second-order valence-electron chi connectivity index (χ2n) is 5.62. The zero-order valence-corrected chi connectivity index (χ0v) is 13.7. The number of piperidine rings is 1. The zero-order chi connectivity index (χ0) is 14.4. The molecule has 118 valence electrons. The topological polar surface area (TPSA) is 70.2 Å². The molecule has 20 heavy (non-hydrogen) atoms. The summed E-state index contributed by atoms with van der Waals surface area (Å²) in [6.07, 6.45) is 2.57. The Kier molecular flexibility index (Phi) is 8.81. The molecule has 5 nitrogen and oxygen atoms in total. The summed E-state index contributed by atoms with van der Waals surface area (Å²) in [7, 11) is 0. The molecule has 0 bridgehead atoms. The molecule has 0 spiro atoms. The number of amides is 2.